The standard InChI is InChI=1S/C17H27BrN2S/c1-4-8-19-13-14-5-6-16(15(18)12-14)20-9-7-17(2,3)21-11-10-20/h5-6,12,19H,4,7-11,13H2,1-3H3. The quantitative estimate of drug-likeness (QED) is 0.758. The first kappa shape index (κ1) is 17.2. The summed E-state index contributed by atoms with van der Waals surface area (Å²) in [6, 6.07) is 6.79. The lowest BCUT2D eigenvalue weighted by molar-refractivity contribution is 0.637. The van der Waals surface area contributed by atoms with Crippen LogP contribution in [-0.2, 0) is 6.54 Å². The number of thioether (sulfide) groups is 1. The molecular formula is C17H27BrN2S. The third-order valence-electron chi connectivity index (χ3n) is 3.95. The second-order valence-electron chi connectivity index (χ2n) is 6.31. The predicted octanol–water partition coefficient (Wildman–Crippen LogP) is 4.67. The maximum absolute atomic E-state index is 3.77. The highest BCUT2D eigenvalue weighted by Gasteiger charge is 2.24. The van der Waals surface area contributed by atoms with E-state index in [4.69, 9.17) is 0 Å². The third kappa shape index (κ3) is 5.19. The summed E-state index contributed by atoms with van der Waals surface area (Å²) in [5, 5.41) is 3.46. The maximum Gasteiger partial charge on any atom is 0.0511 e. The molecule has 0 unspecified atom stereocenters. The van der Waals surface area contributed by atoms with Gasteiger partial charge in [0.25, 0.3) is 0 Å². The minimum Gasteiger partial charge on any atom is -0.370 e. The number of rotatable bonds is 5. The lowest BCUT2D eigenvalue weighted by atomic mass is 10.1. The molecule has 1 heterocycles. The minimum atomic E-state index is 0.408. The normalized spacial score (nSPS) is 18.6. The highest BCUT2D eigenvalue weighted by Crippen LogP contribution is 2.34. The zero-order valence-corrected chi connectivity index (χ0v) is 15.8. The molecule has 118 valence electrons. The molecule has 1 fully saturated rings. The second-order valence-corrected chi connectivity index (χ2v) is 8.96. The molecule has 0 aliphatic carbocycles. The van der Waals surface area contributed by atoms with Crippen molar-refractivity contribution < 1.29 is 0 Å². The predicted molar refractivity (Wildman–Crippen MR) is 99.5 cm³/mol. The van der Waals surface area contributed by atoms with Gasteiger partial charge in [0.1, 0.15) is 0 Å². The molecule has 1 aliphatic heterocycles. The van der Waals surface area contributed by atoms with Gasteiger partial charge in [-0.1, -0.05) is 26.8 Å². The molecule has 0 bridgehead atoms. The van der Waals surface area contributed by atoms with Gasteiger partial charge in [-0.05, 0) is 53.0 Å². The Bertz CT molecular complexity index is 462. The van der Waals surface area contributed by atoms with Crippen molar-refractivity contribution >= 4 is 33.4 Å². The lowest BCUT2D eigenvalue weighted by Gasteiger charge is -2.25. The SMILES string of the molecule is CCCNCc1ccc(N2CCSC(C)(C)CC2)c(Br)c1. The van der Waals surface area contributed by atoms with Crippen LogP contribution in [0.5, 0.6) is 0 Å². The summed E-state index contributed by atoms with van der Waals surface area (Å²) in [7, 11) is 0. The van der Waals surface area contributed by atoms with Crippen molar-refractivity contribution in [1.82, 2.24) is 5.32 Å². The number of anilines is 1. The summed E-state index contributed by atoms with van der Waals surface area (Å²) in [5.74, 6) is 1.21. The largest absolute Gasteiger partial charge is 0.370 e. The van der Waals surface area contributed by atoms with E-state index in [9.17, 15) is 0 Å². The Morgan fingerprint density at radius 1 is 1.33 bits per heavy atom. The van der Waals surface area contributed by atoms with Gasteiger partial charge in [-0.2, -0.15) is 11.8 Å². The van der Waals surface area contributed by atoms with Gasteiger partial charge in [0, 0.05) is 34.6 Å². The van der Waals surface area contributed by atoms with Crippen molar-refractivity contribution in [3.05, 3.63) is 28.2 Å². The average molecular weight is 371 g/mol. The van der Waals surface area contributed by atoms with Crippen LogP contribution < -0.4 is 10.2 Å². The topological polar surface area (TPSA) is 15.3 Å². The molecule has 0 atom stereocenters. The fourth-order valence-electron chi connectivity index (χ4n) is 2.59. The molecule has 2 rings (SSSR count). The molecule has 0 aromatic heterocycles. The summed E-state index contributed by atoms with van der Waals surface area (Å²) >= 11 is 5.86. The van der Waals surface area contributed by atoms with E-state index in [1.807, 2.05) is 0 Å². The van der Waals surface area contributed by atoms with Crippen LogP contribution in [0, 0.1) is 0 Å². The van der Waals surface area contributed by atoms with E-state index in [0.717, 1.165) is 26.2 Å². The first-order valence-electron chi connectivity index (χ1n) is 7.90. The van der Waals surface area contributed by atoms with Crippen LogP contribution in [0.15, 0.2) is 22.7 Å². The van der Waals surface area contributed by atoms with E-state index in [1.54, 1.807) is 0 Å². The summed E-state index contributed by atoms with van der Waals surface area (Å²) in [6.45, 7) is 11.2. The van der Waals surface area contributed by atoms with Crippen LogP contribution in [0.3, 0.4) is 0 Å². The molecule has 0 radical (unpaired) electrons. The van der Waals surface area contributed by atoms with Crippen LogP contribution >= 0.6 is 27.7 Å². The molecular weight excluding hydrogens is 344 g/mol. The minimum absolute atomic E-state index is 0.408. The van der Waals surface area contributed by atoms with Crippen molar-refractivity contribution in [1.29, 1.82) is 0 Å². The average Bonchev–Trinajstić information content (AvgIpc) is 2.60. The monoisotopic (exact) mass is 370 g/mol. The highest BCUT2D eigenvalue weighted by atomic mass is 79.9. The van der Waals surface area contributed by atoms with Gasteiger partial charge in [-0.25, -0.2) is 0 Å². The third-order valence-corrected chi connectivity index (χ3v) is 5.95. The Balaban J connectivity index is 2.03. The number of nitrogens with one attached hydrogen (secondary N) is 1. The summed E-state index contributed by atoms with van der Waals surface area (Å²) in [4.78, 5) is 2.52. The first-order chi connectivity index (χ1) is 10.0. The summed E-state index contributed by atoms with van der Waals surface area (Å²) in [6.07, 6.45) is 2.42. The van der Waals surface area contributed by atoms with Crippen molar-refractivity contribution in [3.8, 4) is 0 Å². The highest BCUT2D eigenvalue weighted by molar-refractivity contribution is 9.10. The molecule has 4 heteroatoms. The van der Waals surface area contributed by atoms with E-state index in [-0.39, 0.29) is 0 Å². The number of hydrogen-bond acceptors (Lipinski definition) is 3. The van der Waals surface area contributed by atoms with Crippen molar-refractivity contribution in [3.63, 3.8) is 0 Å². The van der Waals surface area contributed by atoms with Gasteiger partial charge in [0.2, 0.25) is 0 Å². The zero-order valence-electron chi connectivity index (χ0n) is 13.4. The Morgan fingerprint density at radius 3 is 2.86 bits per heavy atom. The van der Waals surface area contributed by atoms with Gasteiger partial charge in [-0.15, -0.1) is 0 Å². The molecule has 1 aromatic carbocycles. The van der Waals surface area contributed by atoms with Crippen LogP contribution in [-0.4, -0.2) is 30.1 Å². The zero-order chi connectivity index (χ0) is 15.3. The molecule has 1 aliphatic rings. The Kier molecular flexibility index (Phi) is 6.45. The molecule has 21 heavy (non-hydrogen) atoms. The van der Waals surface area contributed by atoms with Crippen molar-refractivity contribution in [2.45, 2.75) is 44.9 Å². The molecule has 1 aromatic rings. The smallest absolute Gasteiger partial charge is 0.0511 e. The van der Waals surface area contributed by atoms with Gasteiger partial charge in [0.05, 0.1) is 5.69 Å². The van der Waals surface area contributed by atoms with E-state index < -0.39 is 0 Å². The van der Waals surface area contributed by atoms with Crippen LogP contribution in [0.1, 0.15) is 39.2 Å². The van der Waals surface area contributed by atoms with Gasteiger partial charge in [-0.3, -0.25) is 0 Å². The number of nitrogens with zero attached hydrogens (tertiary/aromatic N) is 1. The second kappa shape index (κ2) is 7.89. The summed E-state index contributed by atoms with van der Waals surface area (Å²) < 4.78 is 1.63. The lowest BCUT2D eigenvalue weighted by Crippen LogP contribution is -2.27. The van der Waals surface area contributed by atoms with E-state index >= 15 is 0 Å². The molecule has 1 N–H and O–H groups in total. The first-order valence-corrected chi connectivity index (χ1v) is 9.68. The molecule has 0 spiro atoms. The molecule has 1 saturated heterocycles. The Labute approximate surface area is 142 Å². The van der Waals surface area contributed by atoms with Gasteiger partial charge in [0.15, 0.2) is 0 Å². The molecule has 0 amide bonds. The number of halogens is 1. The van der Waals surface area contributed by atoms with Crippen LogP contribution in [0.2, 0.25) is 0 Å². The van der Waals surface area contributed by atoms with Crippen LogP contribution in [0.4, 0.5) is 5.69 Å². The number of benzene rings is 1. The van der Waals surface area contributed by atoms with Gasteiger partial charge >= 0.3 is 0 Å². The fraction of sp³-hybridized carbons (Fsp3) is 0.647. The van der Waals surface area contributed by atoms with Gasteiger partial charge < -0.3 is 10.2 Å². The van der Waals surface area contributed by atoms with E-state index in [2.05, 4.69) is 76.9 Å². The van der Waals surface area contributed by atoms with Crippen molar-refractivity contribution in [2.24, 2.45) is 0 Å². The Hall–Kier alpha value is -0.190. The molecule has 0 saturated carbocycles. The van der Waals surface area contributed by atoms with Crippen molar-refractivity contribution in [2.75, 3.05) is 30.3 Å². The number of hydrogen-bond donors (Lipinski definition) is 1. The molecule has 2 nitrogen and oxygen atoms in total. The van der Waals surface area contributed by atoms with Crippen LogP contribution in [0.25, 0.3) is 0 Å². The van der Waals surface area contributed by atoms with E-state index in [1.165, 1.54) is 34.3 Å². The Morgan fingerprint density at radius 2 is 2.14 bits per heavy atom. The van der Waals surface area contributed by atoms with E-state index in [0.29, 0.717) is 4.75 Å². The maximum atomic E-state index is 3.77. The summed E-state index contributed by atoms with van der Waals surface area (Å²) in [5.41, 5.74) is 2.69. The fourth-order valence-corrected chi connectivity index (χ4v) is 4.36.